The minimum Gasteiger partial charge on any atom is -0.456 e. The number of fused-ring (bicyclic) bond motifs is 1. The van der Waals surface area contributed by atoms with E-state index in [1.165, 1.54) is 0 Å². The van der Waals surface area contributed by atoms with Crippen molar-refractivity contribution in [2.75, 3.05) is 18.5 Å². The summed E-state index contributed by atoms with van der Waals surface area (Å²) in [7, 11) is 0. The fourth-order valence-electron chi connectivity index (χ4n) is 3.03. The standard InChI is InChI=1S/C21H19BrN2O5/c1-2-13-11-14(22)7-8-17(13)23-18(25)12-29-19(26)9-10-24-20(27)15-5-3-4-6-16(15)21(24)28/h3-8,11H,2,9-10,12H2,1H3,(H,23,25). The normalized spacial score (nSPS) is 12.7. The number of benzene rings is 2. The highest BCUT2D eigenvalue weighted by Crippen LogP contribution is 2.23. The number of amides is 3. The van der Waals surface area contributed by atoms with E-state index in [1.54, 1.807) is 30.3 Å². The van der Waals surface area contributed by atoms with Gasteiger partial charge < -0.3 is 10.1 Å². The van der Waals surface area contributed by atoms with Crippen LogP contribution in [-0.2, 0) is 20.7 Å². The number of nitrogens with one attached hydrogen (secondary N) is 1. The lowest BCUT2D eigenvalue weighted by atomic mass is 10.1. The number of nitrogens with zero attached hydrogens (tertiary/aromatic N) is 1. The van der Waals surface area contributed by atoms with E-state index >= 15 is 0 Å². The first-order valence-corrected chi connectivity index (χ1v) is 9.89. The molecule has 2 aromatic carbocycles. The fourth-order valence-corrected chi connectivity index (χ4v) is 3.44. The molecule has 1 aliphatic rings. The van der Waals surface area contributed by atoms with E-state index in [9.17, 15) is 19.2 Å². The monoisotopic (exact) mass is 458 g/mol. The summed E-state index contributed by atoms with van der Waals surface area (Å²) in [6.07, 6.45) is 0.548. The average molecular weight is 459 g/mol. The van der Waals surface area contributed by atoms with Crippen LogP contribution in [0.25, 0.3) is 0 Å². The molecule has 1 N–H and O–H groups in total. The van der Waals surface area contributed by atoms with Gasteiger partial charge in [-0.3, -0.25) is 24.1 Å². The number of imide groups is 1. The second kappa shape index (κ2) is 9.00. The Balaban J connectivity index is 1.48. The predicted molar refractivity (Wildman–Crippen MR) is 110 cm³/mol. The third-order valence-electron chi connectivity index (χ3n) is 4.50. The van der Waals surface area contributed by atoms with Gasteiger partial charge in [-0.2, -0.15) is 0 Å². The molecule has 0 saturated carbocycles. The second-order valence-electron chi connectivity index (χ2n) is 6.42. The van der Waals surface area contributed by atoms with E-state index < -0.39 is 30.3 Å². The number of aryl methyl sites for hydroxylation is 1. The summed E-state index contributed by atoms with van der Waals surface area (Å²) in [6.45, 7) is 1.43. The van der Waals surface area contributed by atoms with Crippen LogP contribution in [0, 0.1) is 0 Å². The topological polar surface area (TPSA) is 92.8 Å². The number of esters is 1. The van der Waals surface area contributed by atoms with E-state index in [0.29, 0.717) is 16.8 Å². The number of halogens is 1. The molecular formula is C21H19BrN2O5. The predicted octanol–water partition coefficient (Wildman–Crippen LogP) is 3.18. The first-order valence-electron chi connectivity index (χ1n) is 9.09. The molecule has 8 heteroatoms. The van der Waals surface area contributed by atoms with Gasteiger partial charge in [-0.25, -0.2) is 0 Å². The third-order valence-corrected chi connectivity index (χ3v) is 5.00. The van der Waals surface area contributed by atoms with E-state index in [1.807, 2.05) is 19.1 Å². The van der Waals surface area contributed by atoms with Gasteiger partial charge in [0.05, 0.1) is 17.5 Å². The highest BCUT2D eigenvalue weighted by Gasteiger charge is 2.35. The van der Waals surface area contributed by atoms with Gasteiger partial charge in [0, 0.05) is 16.7 Å². The van der Waals surface area contributed by atoms with Crippen LogP contribution < -0.4 is 5.32 Å². The van der Waals surface area contributed by atoms with E-state index in [2.05, 4.69) is 21.2 Å². The van der Waals surface area contributed by atoms with E-state index in [0.717, 1.165) is 21.4 Å². The average Bonchev–Trinajstić information content (AvgIpc) is 2.96. The Kier molecular flexibility index (Phi) is 6.43. The van der Waals surface area contributed by atoms with Crippen molar-refractivity contribution >= 4 is 45.3 Å². The van der Waals surface area contributed by atoms with E-state index in [4.69, 9.17) is 4.74 Å². The number of hydrogen-bond acceptors (Lipinski definition) is 5. The number of carbonyl (C=O) groups excluding carboxylic acids is 4. The molecule has 3 amide bonds. The molecule has 0 unspecified atom stereocenters. The summed E-state index contributed by atoms with van der Waals surface area (Å²) in [4.78, 5) is 49.6. The Labute approximate surface area is 176 Å². The van der Waals surface area contributed by atoms with Crippen molar-refractivity contribution < 1.29 is 23.9 Å². The lowest BCUT2D eigenvalue weighted by Gasteiger charge is -2.13. The Hall–Kier alpha value is -3.00. The van der Waals surface area contributed by atoms with Crippen LogP contribution >= 0.6 is 15.9 Å². The SMILES string of the molecule is CCc1cc(Br)ccc1NC(=O)COC(=O)CCN1C(=O)c2ccccc2C1=O. The molecule has 0 atom stereocenters. The minimum absolute atomic E-state index is 0.0977. The van der Waals surface area contributed by atoms with Gasteiger partial charge in [-0.15, -0.1) is 0 Å². The smallest absolute Gasteiger partial charge is 0.308 e. The molecule has 1 aliphatic heterocycles. The van der Waals surface area contributed by atoms with Crippen LogP contribution in [0.3, 0.4) is 0 Å². The number of carbonyl (C=O) groups is 4. The molecule has 29 heavy (non-hydrogen) atoms. The molecule has 2 aromatic rings. The molecule has 7 nitrogen and oxygen atoms in total. The maximum absolute atomic E-state index is 12.3. The summed E-state index contributed by atoms with van der Waals surface area (Å²) in [6, 6.07) is 12.0. The first-order chi connectivity index (χ1) is 13.9. The third kappa shape index (κ3) is 4.71. The number of ether oxygens (including phenoxy) is 1. The van der Waals surface area contributed by atoms with Gasteiger partial charge >= 0.3 is 5.97 Å². The maximum atomic E-state index is 12.3. The Morgan fingerprint density at radius 1 is 1.07 bits per heavy atom. The highest BCUT2D eigenvalue weighted by molar-refractivity contribution is 9.10. The Bertz CT molecular complexity index is 954. The quantitative estimate of drug-likeness (QED) is 0.507. The molecule has 0 aliphatic carbocycles. The first kappa shape index (κ1) is 20.7. The Morgan fingerprint density at radius 2 is 1.72 bits per heavy atom. The van der Waals surface area contributed by atoms with Gasteiger partial charge in [-0.05, 0) is 42.3 Å². The minimum atomic E-state index is -0.664. The lowest BCUT2D eigenvalue weighted by molar-refractivity contribution is -0.147. The molecule has 150 valence electrons. The highest BCUT2D eigenvalue weighted by atomic mass is 79.9. The van der Waals surface area contributed by atoms with Crippen molar-refractivity contribution in [1.29, 1.82) is 0 Å². The van der Waals surface area contributed by atoms with Gasteiger partial charge in [0.15, 0.2) is 6.61 Å². The van der Waals surface area contributed by atoms with Crippen LogP contribution in [0.5, 0.6) is 0 Å². The van der Waals surface area contributed by atoms with Crippen molar-refractivity contribution in [3.63, 3.8) is 0 Å². The summed E-state index contributed by atoms with van der Waals surface area (Å²) < 4.78 is 5.88. The largest absolute Gasteiger partial charge is 0.456 e. The molecule has 1 heterocycles. The van der Waals surface area contributed by atoms with Crippen molar-refractivity contribution in [2.45, 2.75) is 19.8 Å². The number of rotatable bonds is 7. The fraction of sp³-hybridized carbons (Fsp3) is 0.238. The number of anilines is 1. The van der Waals surface area contributed by atoms with Crippen molar-refractivity contribution in [1.82, 2.24) is 4.90 Å². The van der Waals surface area contributed by atoms with Crippen molar-refractivity contribution in [3.05, 3.63) is 63.6 Å². The molecule has 0 spiro atoms. The zero-order valence-corrected chi connectivity index (χ0v) is 17.3. The van der Waals surface area contributed by atoms with Crippen LogP contribution in [0.15, 0.2) is 46.9 Å². The van der Waals surface area contributed by atoms with Crippen LogP contribution in [0.1, 0.15) is 39.6 Å². The second-order valence-corrected chi connectivity index (χ2v) is 7.34. The van der Waals surface area contributed by atoms with Gasteiger partial charge in [0.25, 0.3) is 17.7 Å². The van der Waals surface area contributed by atoms with Gasteiger partial charge in [0.2, 0.25) is 0 Å². The maximum Gasteiger partial charge on any atom is 0.308 e. The van der Waals surface area contributed by atoms with Crippen molar-refractivity contribution in [2.24, 2.45) is 0 Å². The molecule has 0 aromatic heterocycles. The molecule has 3 rings (SSSR count). The summed E-state index contributed by atoms with van der Waals surface area (Å²) in [5.41, 5.74) is 2.25. The van der Waals surface area contributed by atoms with Crippen LogP contribution in [0.4, 0.5) is 5.69 Å². The molecular weight excluding hydrogens is 440 g/mol. The van der Waals surface area contributed by atoms with Gasteiger partial charge in [0.1, 0.15) is 0 Å². The number of hydrogen-bond donors (Lipinski definition) is 1. The van der Waals surface area contributed by atoms with Crippen molar-refractivity contribution in [3.8, 4) is 0 Å². The zero-order chi connectivity index (χ0) is 21.0. The lowest BCUT2D eigenvalue weighted by Crippen LogP contribution is -2.32. The molecule has 0 radical (unpaired) electrons. The molecule has 0 saturated heterocycles. The molecule has 0 bridgehead atoms. The van der Waals surface area contributed by atoms with Crippen LogP contribution in [-0.4, -0.2) is 41.7 Å². The Morgan fingerprint density at radius 3 is 2.34 bits per heavy atom. The van der Waals surface area contributed by atoms with Crippen LogP contribution in [0.2, 0.25) is 0 Å². The summed E-state index contributed by atoms with van der Waals surface area (Å²) in [5, 5.41) is 2.71. The summed E-state index contributed by atoms with van der Waals surface area (Å²) >= 11 is 3.38. The van der Waals surface area contributed by atoms with Gasteiger partial charge in [-0.1, -0.05) is 35.0 Å². The zero-order valence-electron chi connectivity index (χ0n) is 15.7. The molecule has 0 fully saturated rings. The van der Waals surface area contributed by atoms with E-state index in [-0.39, 0.29) is 13.0 Å². The summed E-state index contributed by atoms with van der Waals surface area (Å²) in [5.74, 6) is -1.99.